The van der Waals surface area contributed by atoms with Crippen molar-refractivity contribution in [2.24, 2.45) is 14.1 Å². The maximum Gasteiger partial charge on any atom is 0.368 e. The molecule has 4 aromatic heterocycles. The highest BCUT2D eigenvalue weighted by Crippen LogP contribution is 2.41. The second-order valence-electron chi connectivity index (χ2n) is 23.3. The minimum absolute atomic E-state index is 0.0183. The van der Waals surface area contributed by atoms with Gasteiger partial charge in [0.25, 0.3) is 0 Å². The minimum atomic E-state index is -1.08. The summed E-state index contributed by atoms with van der Waals surface area (Å²) >= 11 is 5.74. The predicted octanol–water partition coefficient (Wildman–Crippen LogP) is 5.67. The van der Waals surface area contributed by atoms with Crippen molar-refractivity contribution >= 4 is 40.6 Å². The van der Waals surface area contributed by atoms with Gasteiger partial charge in [0.2, 0.25) is 11.2 Å². The van der Waals surface area contributed by atoms with Crippen LogP contribution in [0.1, 0.15) is 107 Å². The topological polar surface area (TPSA) is 284 Å². The minimum Gasteiger partial charge on any atom is -0.483 e. The molecule has 29 heteroatoms. The van der Waals surface area contributed by atoms with Gasteiger partial charge in [-0.25, -0.2) is 37.1 Å². The number of hydrogen-bond acceptors (Lipinski definition) is 20. The normalized spacial score (nSPS) is 20.5. The van der Waals surface area contributed by atoms with Crippen molar-refractivity contribution in [2.45, 2.75) is 153 Å². The number of aliphatic hydroxyl groups is 2. The number of nitrogen functional groups attached to an aromatic ring is 1. The number of hydrogen-bond donors (Lipinski definition) is 6. The van der Waals surface area contributed by atoms with Crippen LogP contribution in [0.4, 0.5) is 46.5 Å². The Morgan fingerprint density at radius 3 is 1.60 bits per heavy atom. The summed E-state index contributed by atoms with van der Waals surface area (Å²) in [5, 5.41) is 43.0. The lowest BCUT2D eigenvalue weighted by Crippen LogP contribution is -2.55. The fraction of sp³-hybridized carbons (Fsp3) is 0.577. The molecule has 24 nitrogen and oxygen atoms in total. The van der Waals surface area contributed by atoms with Crippen molar-refractivity contribution in [2.75, 3.05) is 48.0 Å². The third-order valence-corrected chi connectivity index (χ3v) is 15.0. The number of benzene rings is 2. The summed E-state index contributed by atoms with van der Waals surface area (Å²) in [5.41, 5.74) is 2.45. The van der Waals surface area contributed by atoms with Crippen LogP contribution in [-0.2, 0) is 14.1 Å². The van der Waals surface area contributed by atoms with Gasteiger partial charge in [-0.2, -0.15) is 28.7 Å². The van der Waals surface area contributed by atoms with Gasteiger partial charge in [-0.15, -0.1) is 0 Å². The Bertz CT molecular complexity index is 3340. The van der Waals surface area contributed by atoms with Crippen molar-refractivity contribution in [3.05, 3.63) is 86.2 Å². The molecule has 4 aliphatic rings. The zero-order valence-electron chi connectivity index (χ0n) is 47.0. The lowest BCUT2D eigenvalue weighted by Gasteiger charge is -2.47. The molecule has 10 rings (SSSR count). The zero-order chi connectivity index (χ0) is 58.9. The lowest BCUT2D eigenvalue weighted by atomic mass is 9.84. The van der Waals surface area contributed by atoms with E-state index in [0.29, 0.717) is 12.1 Å². The monoisotopic (exact) mass is 1150 g/mol. The average molecular weight is 1160 g/mol. The fourth-order valence-corrected chi connectivity index (χ4v) is 11.1. The van der Waals surface area contributed by atoms with Crippen LogP contribution >= 0.6 is 11.6 Å². The SMILES string of the molecule is CC1(C)C[C@H](Nc2nc(Cl)ncc2F)C[C@@H]2CCCN21.Cn1nnn(-c2cc(N)c(F)cc2OC(C)(C)CO)c1=O.Cn1nnn(-c2cc(Nc3ncc(F)c(N[C@@H]4C[C@@H]5CCCN5C(C)(C)C4)n3)c(F)cc2OC(C)(C)CO)c1=O. The predicted molar refractivity (Wildman–Crippen MR) is 294 cm³/mol. The highest BCUT2D eigenvalue weighted by molar-refractivity contribution is 6.28. The van der Waals surface area contributed by atoms with E-state index in [9.17, 15) is 33.0 Å². The second-order valence-corrected chi connectivity index (χ2v) is 23.6. The summed E-state index contributed by atoms with van der Waals surface area (Å²) < 4.78 is 72.7. The largest absolute Gasteiger partial charge is 0.483 e. The number of anilines is 5. The maximum atomic E-state index is 15.3. The highest BCUT2D eigenvalue weighted by Gasteiger charge is 2.44. The van der Waals surface area contributed by atoms with Crippen LogP contribution in [0, 0.1) is 23.3 Å². The molecular weight excluding hydrogens is 1080 g/mol. The first-order chi connectivity index (χ1) is 38.1. The molecule has 0 bridgehead atoms. The summed E-state index contributed by atoms with van der Waals surface area (Å²) in [6.07, 6.45) is 10.6. The number of fused-ring (bicyclic) bond motifs is 2. The molecule has 81 heavy (non-hydrogen) atoms. The number of nitrogens with two attached hydrogens (primary N) is 1. The number of nitrogens with one attached hydrogen (secondary N) is 3. The standard InChI is InChI=1S/C26H35F2N9O3.C14H20ClFN4.C12H16FN5O3/c1-25(2)12-15(9-16-7-6-8-36(16)25)30-22-18(28)13-29-23(32-22)31-19-11-20(37-24(39)35(5)33-34-37)21(10-17(19)27)40-26(3,4)14-38;1-14(2)7-9(6-10-4-3-5-20(10)14)18-12-11(16)8-17-13(15)19-12;1-12(2,6-19)21-10-4-7(13)8(14)5-9(10)18-11(20)17(3)15-16-18/h10-11,13,15-16,38H,6-9,12,14H2,1-5H3,(H2,29,30,31,32);8-10H,3-7H2,1-2H3,(H,17,18,19);4-5,19H,6,14H2,1-3H3/t15-,16+;9-,10+;/m11./s1. The van der Waals surface area contributed by atoms with Gasteiger partial charge in [-0.3, -0.25) is 9.80 Å². The van der Waals surface area contributed by atoms with Gasteiger partial charge in [-0.1, -0.05) is 0 Å². The van der Waals surface area contributed by atoms with E-state index in [2.05, 4.69) is 94.2 Å². The molecule has 0 amide bonds. The lowest BCUT2D eigenvalue weighted by molar-refractivity contribution is 0.0407. The Balaban J connectivity index is 0.000000176. The smallest absolute Gasteiger partial charge is 0.368 e. The van der Waals surface area contributed by atoms with Crippen molar-refractivity contribution < 1.29 is 37.2 Å². The van der Waals surface area contributed by atoms with E-state index < -0.39 is 45.9 Å². The van der Waals surface area contributed by atoms with Crippen LogP contribution in [0.25, 0.3) is 11.4 Å². The van der Waals surface area contributed by atoms with Crippen molar-refractivity contribution in [3.8, 4) is 22.9 Å². The Morgan fingerprint density at radius 2 is 1.14 bits per heavy atom. The molecule has 2 aromatic carbocycles. The number of aliphatic hydroxyl groups excluding tert-OH is 2. The van der Waals surface area contributed by atoms with E-state index >= 15 is 4.39 Å². The van der Waals surface area contributed by atoms with Gasteiger partial charge in [-0.05, 0) is 164 Å². The molecule has 4 saturated heterocycles. The Kier molecular flexibility index (Phi) is 17.7. The van der Waals surface area contributed by atoms with E-state index in [0.717, 1.165) is 88.3 Å². The van der Waals surface area contributed by atoms with E-state index in [4.69, 9.17) is 26.8 Å². The fourth-order valence-electron chi connectivity index (χ4n) is 11.0. The quantitative estimate of drug-likeness (QED) is 0.0435. The molecule has 8 heterocycles. The van der Waals surface area contributed by atoms with Crippen LogP contribution in [-0.4, -0.2) is 152 Å². The van der Waals surface area contributed by atoms with E-state index in [1.807, 2.05) is 0 Å². The number of aryl methyl sites for hydroxylation is 2. The molecule has 0 unspecified atom stereocenters. The molecule has 0 saturated carbocycles. The Morgan fingerprint density at radius 1 is 0.679 bits per heavy atom. The molecule has 4 atom stereocenters. The molecule has 6 aromatic rings. The van der Waals surface area contributed by atoms with Crippen LogP contribution < -0.4 is 42.5 Å². The van der Waals surface area contributed by atoms with E-state index in [1.165, 1.54) is 45.6 Å². The first-order valence-electron chi connectivity index (χ1n) is 26.6. The summed E-state index contributed by atoms with van der Waals surface area (Å²) in [4.78, 5) is 45.5. The first kappa shape index (κ1) is 60.1. The first-order valence-corrected chi connectivity index (χ1v) is 27.0. The van der Waals surface area contributed by atoms with Gasteiger partial charge >= 0.3 is 11.4 Å². The van der Waals surface area contributed by atoms with Crippen LogP contribution in [0.5, 0.6) is 11.5 Å². The van der Waals surface area contributed by atoms with Gasteiger partial charge in [0.1, 0.15) is 39.9 Å². The molecule has 0 radical (unpaired) electrons. The zero-order valence-corrected chi connectivity index (χ0v) is 47.8. The van der Waals surface area contributed by atoms with Gasteiger partial charge in [0.15, 0.2) is 29.1 Å². The summed E-state index contributed by atoms with van der Waals surface area (Å²) in [6.45, 7) is 17.0. The third kappa shape index (κ3) is 13.8. The number of aromatic nitrogens is 12. The number of ether oxygens (including phenoxy) is 2. The van der Waals surface area contributed by atoms with Crippen LogP contribution in [0.3, 0.4) is 0 Å². The molecule has 0 aliphatic carbocycles. The number of rotatable bonds is 14. The summed E-state index contributed by atoms with van der Waals surface area (Å²) in [7, 11) is 2.85. The van der Waals surface area contributed by atoms with Crippen molar-refractivity contribution in [1.82, 2.24) is 69.3 Å². The number of nitrogens with zero attached hydrogens (tertiary/aromatic N) is 14. The Hall–Kier alpha value is -7.01. The van der Waals surface area contributed by atoms with E-state index in [-0.39, 0.29) is 93.5 Å². The number of tetrazole rings is 2. The number of halogens is 5. The van der Waals surface area contributed by atoms with Crippen LogP contribution in [0.15, 0.2) is 46.2 Å². The van der Waals surface area contributed by atoms with E-state index in [1.54, 1.807) is 27.7 Å². The van der Waals surface area contributed by atoms with Crippen LogP contribution in [0.2, 0.25) is 5.28 Å². The molecular formula is C52H71ClF4N18O6. The van der Waals surface area contributed by atoms with Crippen molar-refractivity contribution in [3.63, 3.8) is 0 Å². The molecule has 0 spiro atoms. The van der Waals surface area contributed by atoms with Gasteiger partial charge in [0.05, 0.1) is 37.0 Å². The molecule has 440 valence electrons. The average Bonchev–Trinajstić information content (AvgIpc) is 4.30. The number of piperidine rings is 2. The van der Waals surface area contributed by atoms with Gasteiger partial charge < -0.3 is 41.4 Å². The summed E-state index contributed by atoms with van der Waals surface area (Å²) in [6, 6.07) is 5.92. The highest BCUT2D eigenvalue weighted by atomic mass is 35.5. The maximum absolute atomic E-state index is 15.3. The Labute approximate surface area is 470 Å². The molecule has 4 aliphatic heterocycles. The summed E-state index contributed by atoms with van der Waals surface area (Å²) in [5.74, 6) is -2.29. The van der Waals surface area contributed by atoms with Crippen molar-refractivity contribution in [1.29, 1.82) is 0 Å². The third-order valence-electron chi connectivity index (χ3n) is 14.9. The molecule has 7 N–H and O–H groups in total. The second kappa shape index (κ2) is 23.8. The molecule has 4 fully saturated rings. The van der Waals surface area contributed by atoms with Gasteiger partial charge in [0, 0.05) is 61.5 Å².